The van der Waals surface area contributed by atoms with Crippen LogP contribution in [0.5, 0.6) is 0 Å². The molecule has 18 heavy (non-hydrogen) atoms. The molecule has 2 aliphatic rings. The molecule has 3 rings (SSSR count). The largest absolute Gasteiger partial charge is 0.516 e. The van der Waals surface area contributed by atoms with Crippen molar-refractivity contribution in [3.63, 3.8) is 0 Å². The summed E-state index contributed by atoms with van der Waals surface area (Å²) >= 11 is 0. The Balaban J connectivity index is 1.78. The molecule has 0 aromatic carbocycles. The first-order chi connectivity index (χ1) is 8.39. The average molecular weight is 250 g/mol. The van der Waals surface area contributed by atoms with Crippen molar-refractivity contribution in [3.8, 4) is 0 Å². The molecule has 2 aliphatic heterocycles. The van der Waals surface area contributed by atoms with Gasteiger partial charge < -0.3 is 18.6 Å². The third kappa shape index (κ3) is 1.79. The van der Waals surface area contributed by atoms with Gasteiger partial charge in [-0.2, -0.15) is 0 Å². The summed E-state index contributed by atoms with van der Waals surface area (Å²) in [5.41, 5.74) is 0.197. The van der Waals surface area contributed by atoms with Gasteiger partial charge in [0.1, 0.15) is 0 Å². The van der Waals surface area contributed by atoms with Gasteiger partial charge in [0.25, 0.3) is 0 Å². The van der Waals surface area contributed by atoms with Crippen LogP contribution in [0.15, 0.2) is 12.5 Å². The number of hydrogen-bond acceptors (Lipinski definition) is 4. The zero-order chi connectivity index (χ0) is 13.0. The molecule has 2 saturated heterocycles. The number of nitrogens with zero attached hydrogens (tertiary/aromatic N) is 2. The van der Waals surface area contributed by atoms with Crippen LogP contribution in [0.2, 0.25) is 0 Å². The first-order valence-electron chi connectivity index (χ1n) is 6.36. The van der Waals surface area contributed by atoms with E-state index in [1.165, 1.54) is 0 Å². The summed E-state index contributed by atoms with van der Waals surface area (Å²) < 4.78 is 19.2. The van der Waals surface area contributed by atoms with Crippen LogP contribution in [-0.2, 0) is 14.0 Å². The van der Waals surface area contributed by atoms with Crippen molar-refractivity contribution in [2.45, 2.75) is 44.9 Å². The van der Waals surface area contributed by atoms with E-state index < -0.39 is 0 Å². The van der Waals surface area contributed by atoms with Crippen molar-refractivity contribution >= 4 is 12.7 Å². The summed E-state index contributed by atoms with van der Waals surface area (Å²) in [6.07, 6.45) is 3.82. The Bertz CT molecular complexity index is 438. The second kappa shape index (κ2) is 3.82. The molecule has 0 aliphatic carbocycles. The monoisotopic (exact) mass is 250 g/mol. The van der Waals surface area contributed by atoms with Crippen molar-refractivity contribution < 1.29 is 14.0 Å². The molecule has 0 radical (unpaired) electrons. The van der Waals surface area contributed by atoms with Crippen LogP contribution in [0, 0.1) is 0 Å². The molecule has 1 aromatic rings. The molecule has 5 nitrogen and oxygen atoms in total. The minimum Gasteiger partial charge on any atom is -0.398 e. The Morgan fingerprint density at radius 3 is 2.33 bits per heavy atom. The fourth-order valence-corrected chi connectivity index (χ4v) is 2.03. The normalized spacial score (nSPS) is 26.3. The molecule has 0 atom stereocenters. The van der Waals surface area contributed by atoms with Crippen LogP contribution in [0.4, 0.5) is 0 Å². The molecular formula is C12H19BN2O3. The predicted molar refractivity (Wildman–Crippen MR) is 67.8 cm³/mol. The number of aromatic nitrogens is 2. The van der Waals surface area contributed by atoms with Gasteiger partial charge in [0.05, 0.1) is 42.4 Å². The van der Waals surface area contributed by atoms with Crippen molar-refractivity contribution in [1.29, 1.82) is 0 Å². The van der Waals surface area contributed by atoms with E-state index in [1.54, 1.807) is 0 Å². The van der Waals surface area contributed by atoms with Crippen molar-refractivity contribution in [3.05, 3.63) is 12.5 Å². The Kier molecular flexibility index (Phi) is 2.59. The van der Waals surface area contributed by atoms with E-state index in [-0.39, 0.29) is 18.3 Å². The predicted octanol–water partition coefficient (Wildman–Crippen LogP) is 0.754. The number of ether oxygens (including phenoxy) is 1. The lowest BCUT2D eigenvalue weighted by Crippen LogP contribution is -2.41. The highest BCUT2D eigenvalue weighted by Crippen LogP contribution is 2.36. The van der Waals surface area contributed by atoms with Crippen LogP contribution >= 0.6 is 0 Å². The van der Waals surface area contributed by atoms with E-state index in [0.29, 0.717) is 6.04 Å². The van der Waals surface area contributed by atoms with Gasteiger partial charge in [-0.1, -0.05) is 0 Å². The lowest BCUT2D eigenvalue weighted by molar-refractivity contribution is -0.0233. The van der Waals surface area contributed by atoms with Crippen LogP contribution in [0.1, 0.15) is 33.7 Å². The summed E-state index contributed by atoms with van der Waals surface area (Å²) in [5, 5.41) is 0. The van der Waals surface area contributed by atoms with Gasteiger partial charge in [0.15, 0.2) is 0 Å². The Morgan fingerprint density at radius 2 is 1.83 bits per heavy atom. The van der Waals surface area contributed by atoms with Gasteiger partial charge >= 0.3 is 7.12 Å². The summed E-state index contributed by atoms with van der Waals surface area (Å²) in [4.78, 5) is 4.39. The molecular weight excluding hydrogens is 231 g/mol. The number of rotatable bonds is 2. The Labute approximate surface area is 108 Å². The van der Waals surface area contributed by atoms with Gasteiger partial charge in [-0.25, -0.2) is 4.98 Å². The fraction of sp³-hybridized carbons (Fsp3) is 0.750. The van der Waals surface area contributed by atoms with E-state index in [4.69, 9.17) is 14.0 Å². The lowest BCUT2D eigenvalue weighted by Gasteiger charge is -2.32. The van der Waals surface area contributed by atoms with E-state index in [0.717, 1.165) is 18.8 Å². The molecule has 2 fully saturated rings. The van der Waals surface area contributed by atoms with Crippen LogP contribution in [-0.4, -0.2) is 41.1 Å². The van der Waals surface area contributed by atoms with Gasteiger partial charge in [0, 0.05) is 6.20 Å². The van der Waals surface area contributed by atoms with Gasteiger partial charge in [-0.3, -0.25) is 0 Å². The summed E-state index contributed by atoms with van der Waals surface area (Å²) in [6, 6.07) is 0.411. The molecule has 0 amide bonds. The Morgan fingerprint density at radius 1 is 1.22 bits per heavy atom. The highest BCUT2D eigenvalue weighted by Gasteiger charge is 2.52. The van der Waals surface area contributed by atoms with Gasteiger partial charge in [-0.05, 0) is 27.7 Å². The van der Waals surface area contributed by atoms with E-state index in [1.807, 2.05) is 40.2 Å². The minimum atomic E-state index is -0.378. The van der Waals surface area contributed by atoms with Crippen molar-refractivity contribution in [1.82, 2.24) is 9.55 Å². The molecule has 0 unspecified atom stereocenters. The first-order valence-corrected chi connectivity index (χ1v) is 6.36. The average Bonchev–Trinajstić information content (AvgIpc) is 2.68. The Hall–Kier alpha value is -0.845. The van der Waals surface area contributed by atoms with E-state index >= 15 is 0 Å². The summed E-state index contributed by atoms with van der Waals surface area (Å²) in [6.45, 7) is 9.71. The van der Waals surface area contributed by atoms with Crippen molar-refractivity contribution in [2.75, 3.05) is 13.2 Å². The third-order valence-electron chi connectivity index (χ3n) is 4.16. The van der Waals surface area contributed by atoms with E-state index in [2.05, 4.69) is 9.55 Å². The maximum Gasteiger partial charge on any atom is 0.516 e. The zero-order valence-electron chi connectivity index (χ0n) is 11.3. The van der Waals surface area contributed by atoms with Crippen molar-refractivity contribution in [2.24, 2.45) is 0 Å². The second-order valence-corrected chi connectivity index (χ2v) is 6.03. The lowest BCUT2D eigenvalue weighted by atomic mass is 9.86. The molecule has 0 saturated carbocycles. The second-order valence-electron chi connectivity index (χ2n) is 6.03. The molecule has 0 bridgehead atoms. The SMILES string of the molecule is CC1(C)OB(c2cn(C3COC3)cn2)OC1(C)C. The number of hydrogen-bond donors (Lipinski definition) is 0. The fourth-order valence-electron chi connectivity index (χ4n) is 2.03. The highest BCUT2D eigenvalue weighted by molar-refractivity contribution is 6.61. The molecule has 0 spiro atoms. The molecule has 1 aromatic heterocycles. The van der Waals surface area contributed by atoms with Crippen LogP contribution in [0.25, 0.3) is 0 Å². The quantitative estimate of drug-likeness (QED) is 0.727. The van der Waals surface area contributed by atoms with Crippen LogP contribution < -0.4 is 5.59 Å². The van der Waals surface area contributed by atoms with Gasteiger partial charge in [-0.15, -0.1) is 0 Å². The standard InChI is InChI=1S/C12H19BN2O3/c1-11(2)12(3,4)18-13(17-11)10-5-15(8-14-10)9-6-16-7-9/h5,8-9H,6-7H2,1-4H3. The summed E-state index contributed by atoms with van der Waals surface area (Å²) in [5.74, 6) is 0. The van der Waals surface area contributed by atoms with Gasteiger partial charge in [0.2, 0.25) is 0 Å². The maximum absolute atomic E-state index is 5.97. The maximum atomic E-state index is 5.97. The topological polar surface area (TPSA) is 45.5 Å². The first kappa shape index (κ1) is 12.2. The number of imidazole rings is 1. The summed E-state index contributed by atoms with van der Waals surface area (Å²) in [7, 11) is -0.378. The smallest absolute Gasteiger partial charge is 0.398 e. The molecule has 98 valence electrons. The van der Waals surface area contributed by atoms with Crippen LogP contribution in [0.3, 0.4) is 0 Å². The molecule has 3 heterocycles. The molecule has 6 heteroatoms. The molecule has 0 N–H and O–H groups in total. The zero-order valence-corrected chi connectivity index (χ0v) is 11.3. The highest BCUT2D eigenvalue weighted by atomic mass is 16.7. The minimum absolute atomic E-state index is 0.318. The van der Waals surface area contributed by atoms with E-state index in [9.17, 15) is 0 Å². The third-order valence-corrected chi connectivity index (χ3v) is 4.16.